The van der Waals surface area contributed by atoms with E-state index in [1.165, 1.54) is 27.0 Å². The molecule has 3 rings (SSSR count). The third-order valence-electron chi connectivity index (χ3n) is 3.35. The molecule has 4 heteroatoms. The maximum absolute atomic E-state index is 11.0. The first-order chi connectivity index (χ1) is 10.1. The summed E-state index contributed by atoms with van der Waals surface area (Å²) < 4.78 is 0. The second kappa shape index (κ2) is 5.92. The van der Waals surface area contributed by atoms with E-state index in [1.807, 2.05) is 19.1 Å². The Hall–Kier alpha value is -1.78. The van der Waals surface area contributed by atoms with E-state index in [4.69, 9.17) is 5.11 Å². The Bertz CT molecular complexity index is 805. The van der Waals surface area contributed by atoms with Crippen LogP contribution in [-0.4, -0.2) is 11.1 Å². The third kappa shape index (κ3) is 3.12. The topological polar surface area (TPSA) is 37.3 Å². The zero-order valence-corrected chi connectivity index (χ0v) is 13.1. The molecular formula is C17H14O2S2. The summed E-state index contributed by atoms with van der Waals surface area (Å²) in [4.78, 5) is 13.7. The molecule has 0 radical (unpaired) electrons. The van der Waals surface area contributed by atoms with E-state index in [0.717, 1.165) is 16.2 Å². The van der Waals surface area contributed by atoms with Gasteiger partial charge in [0.05, 0.1) is 0 Å². The highest BCUT2D eigenvalue weighted by atomic mass is 32.2. The smallest absolute Gasteiger partial charge is 0.345 e. The fourth-order valence-electron chi connectivity index (χ4n) is 2.19. The molecule has 1 N–H and O–H groups in total. The van der Waals surface area contributed by atoms with Crippen molar-refractivity contribution >= 4 is 39.8 Å². The summed E-state index contributed by atoms with van der Waals surface area (Å²) in [5.74, 6) is -0.0430. The minimum atomic E-state index is -0.843. The highest BCUT2D eigenvalue weighted by Crippen LogP contribution is 2.30. The highest BCUT2D eigenvalue weighted by Gasteiger charge is 2.11. The molecule has 0 unspecified atom stereocenters. The SMILES string of the molecule is Cc1sc(C(=O)O)cc1CSc1ccc2ccccc2c1. The van der Waals surface area contributed by atoms with E-state index in [2.05, 4.69) is 30.3 Å². The number of carboxylic acids is 1. The van der Waals surface area contributed by atoms with Crippen LogP contribution in [0.4, 0.5) is 0 Å². The number of thiophene rings is 1. The fourth-order valence-corrected chi connectivity index (χ4v) is 4.16. The molecule has 0 fully saturated rings. The van der Waals surface area contributed by atoms with Crippen LogP contribution < -0.4 is 0 Å². The Morgan fingerprint density at radius 3 is 2.62 bits per heavy atom. The highest BCUT2D eigenvalue weighted by molar-refractivity contribution is 7.98. The van der Waals surface area contributed by atoms with Crippen molar-refractivity contribution in [1.29, 1.82) is 0 Å². The average Bonchev–Trinajstić information content (AvgIpc) is 2.86. The Labute approximate surface area is 131 Å². The molecule has 0 aliphatic rings. The molecule has 0 aliphatic carbocycles. The first-order valence-electron chi connectivity index (χ1n) is 6.58. The molecule has 1 aromatic heterocycles. The molecule has 21 heavy (non-hydrogen) atoms. The van der Waals surface area contributed by atoms with E-state index in [1.54, 1.807) is 17.8 Å². The lowest BCUT2D eigenvalue weighted by molar-refractivity contribution is 0.0702. The van der Waals surface area contributed by atoms with Crippen molar-refractivity contribution in [3.8, 4) is 0 Å². The van der Waals surface area contributed by atoms with Gasteiger partial charge in [0.2, 0.25) is 0 Å². The lowest BCUT2D eigenvalue weighted by Crippen LogP contribution is -1.90. The van der Waals surface area contributed by atoms with Crippen LogP contribution in [0, 0.1) is 6.92 Å². The summed E-state index contributed by atoms with van der Waals surface area (Å²) in [7, 11) is 0. The average molecular weight is 314 g/mol. The van der Waals surface area contributed by atoms with Crippen LogP contribution in [0.25, 0.3) is 10.8 Å². The number of carboxylic acid groups (broad SMARTS) is 1. The van der Waals surface area contributed by atoms with Gasteiger partial charge < -0.3 is 5.11 Å². The second-order valence-electron chi connectivity index (χ2n) is 4.79. The zero-order valence-electron chi connectivity index (χ0n) is 11.5. The molecule has 2 aromatic carbocycles. The number of hydrogen-bond donors (Lipinski definition) is 1. The van der Waals surface area contributed by atoms with Crippen LogP contribution in [0.1, 0.15) is 20.1 Å². The van der Waals surface area contributed by atoms with Crippen molar-refractivity contribution in [1.82, 2.24) is 0 Å². The van der Waals surface area contributed by atoms with Gasteiger partial charge >= 0.3 is 5.97 Å². The Balaban J connectivity index is 1.78. The molecule has 0 saturated heterocycles. The summed E-state index contributed by atoms with van der Waals surface area (Å²) >= 11 is 3.09. The lowest BCUT2D eigenvalue weighted by Gasteiger charge is -2.03. The molecule has 106 valence electrons. The van der Waals surface area contributed by atoms with Crippen molar-refractivity contribution in [2.75, 3.05) is 0 Å². The minimum Gasteiger partial charge on any atom is -0.477 e. The molecule has 3 aromatic rings. The molecule has 0 amide bonds. The van der Waals surface area contributed by atoms with Gasteiger partial charge in [-0.2, -0.15) is 0 Å². The van der Waals surface area contributed by atoms with Crippen molar-refractivity contribution in [3.63, 3.8) is 0 Å². The number of hydrogen-bond acceptors (Lipinski definition) is 3. The number of benzene rings is 2. The van der Waals surface area contributed by atoms with E-state index in [9.17, 15) is 4.79 Å². The molecule has 0 atom stereocenters. The number of aromatic carboxylic acids is 1. The maximum atomic E-state index is 11.0. The predicted octanol–water partition coefficient (Wildman–Crippen LogP) is 5.20. The van der Waals surface area contributed by atoms with Gasteiger partial charge in [-0.3, -0.25) is 0 Å². The summed E-state index contributed by atoms with van der Waals surface area (Å²) in [6.07, 6.45) is 0. The van der Waals surface area contributed by atoms with Crippen molar-refractivity contribution in [3.05, 3.63) is 63.8 Å². The molecule has 0 bridgehead atoms. The molecule has 1 heterocycles. The number of carbonyl (C=O) groups is 1. The quantitative estimate of drug-likeness (QED) is 0.672. The number of aryl methyl sites for hydroxylation is 1. The van der Waals surface area contributed by atoms with Gasteiger partial charge in [0.15, 0.2) is 0 Å². The van der Waals surface area contributed by atoms with Crippen molar-refractivity contribution < 1.29 is 9.90 Å². The molecule has 0 saturated carbocycles. The first kappa shape index (κ1) is 14.2. The van der Waals surface area contributed by atoms with Gasteiger partial charge in [0.1, 0.15) is 4.88 Å². The van der Waals surface area contributed by atoms with Crippen LogP contribution in [-0.2, 0) is 5.75 Å². The van der Waals surface area contributed by atoms with Gasteiger partial charge in [-0.25, -0.2) is 4.79 Å². The van der Waals surface area contributed by atoms with E-state index < -0.39 is 5.97 Å². The summed E-state index contributed by atoms with van der Waals surface area (Å²) in [5, 5.41) is 11.5. The van der Waals surface area contributed by atoms with E-state index in [0.29, 0.717) is 4.88 Å². The second-order valence-corrected chi connectivity index (χ2v) is 7.10. The van der Waals surface area contributed by atoms with E-state index in [-0.39, 0.29) is 0 Å². The Morgan fingerprint density at radius 2 is 1.90 bits per heavy atom. The zero-order chi connectivity index (χ0) is 14.8. The monoisotopic (exact) mass is 314 g/mol. The van der Waals surface area contributed by atoms with Crippen molar-refractivity contribution in [2.24, 2.45) is 0 Å². The van der Waals surface area contributed by atoms with Gasteiger partial charge in [-0.15, -0.1) is 23.1 Å². The number of rotatable bonds is 4. The van der Waals surface area contributed by atoms with Crippen LogP contribution in [0.5, 0.6) is 0 Å². The maximum Gasteiger partial charge on any atom is 0.345 e. The summed E-state index contributed by atoms with van der Waals surface area (Å²) in [6, 6.07) is 16.5. The molecule has 2 nitrogen and oxygen atoms in total. The third-order valence-corrected chi connectivity index (χ3v) is 5.47. The normalized spacial score (nSPS) is 10.9. The van der Waals surface area contributed by atoms with Gasteiger partial charge in [-0.1, -0.05) is 30.3 Å². The van der Waals surface area contributed by atoms with Gasteiger partial charge in [0, 0.05) is 15.5 Å². The van der Waals surface area contributed by atoms with Gasteiger partial charge in [0.25, 0.3) is 0 Å². The van der Waals surface area contributed by atoms with Crippen LogP contribution in [0.2, 0.25) is 0 Å². The largest absolute Gasteiger partial charge is 0.477 e. The fraction of sp³-hybridized carbons (Fsp3) is 0.118. The summed E-state index contributed by atoms with van der Waals surface area (Å²) in [5.41, 5.74) is 1.11. The van der Waals surface area contributed by atoms with Crippen LogP contribution in [0.15, 0.2) is 53.4 Å². The number of fused-ring (bicyclic) bond motifs is 1. The van der Waals surface area contributed by atoms with Crippen molar-refractivity contribution in [2.45, 2.75) is 17.6 Å². The number of thioether (sulfide) groups is 1. The van der Waals surface area contributed by atoms with Gasteiger partial charge in [-0.05, 0) is 41.5 Å². The van der Waals surface area contributed by atoms with E-state index >= 15 is 0 Å². The Morgan fingerprint density at radius 1 is 1.14 bits per heavy atom. The molecular weight excluding hydrogens is 300 g/mol. The predicted molar refractivity (Wildman–Crippen MR) is 89.5 cm³/mol. The molecule has 0 spiro atoms. The Kier molecular flexibility index (Phi) is 3.99. The summed E-state index contributed by atoms with van der Waals surface area (Å²) in [6.45, 7) is 1.98. The lowest BCUT2D eigenvalue weighted by atomic mass is 10.1. The minimum absolute atomic E-state index is 0.418. The van der Waals surface area contributed by atoms with Crippen LogP contribution in [0.3, 0.4) is 0 Å². The first-order valence-corrected chi connectivity index (χ1v) is 8.38. The molecule has 0 aliphatic heterocycles. The standard InChI is InChI=1S/C17H14O2S2/c1-11-14(9-16(21-11)17(18)19)10-20-15-7-6-12-4-2-3-5-13(12)8-15/h2-9H,10H2,1H3,(H,18,19). The van der Waals surface area contributed by atoms with Crippen LogP contribution >= 0.6 is 23.1 Å².